The smallest absolute Gasteiger partial charge is 0.226 e. The minimum Gasteiger partial charge on any atom is -0.338 e. The molecule has 0 aliphatic carbocycles. The van der Waals surface area contributed by atoms with Crippen LogP contribution in [0.5, 0.6) is 0 Å². The number of nitrogens with zero attached hydrogens (tertiary/aromatic N) is 4. The first-order valence-electron chi connectivity index (χ1n) is 10.8. The maximum Gasteiger partial charge on any atom is 0.226 e. The molecular weight excluding hydrogens is 458 g/mol. The number of hydrogen-bond acceptors (Lipinski definition) is 4. The molecule has 2 aromatic carbocycles. The summed E-state index contributed by atoms with van der Waals surface area (Å²) < 4.78 is 13.8. The first kappa shape index (κ1) is 21.8. The number of rotatable bonds is 4. The Hall–Kier alpha value is -3.02. The van der Waals surface area contributed by atoms with E-state index < -0.39 is 5.82 Å². The van der Waals surface area contributed by atoms with E-state index >= 15 is 0 Å². The van der Waals surface area contributed by atoms with E-state index in [0.29, 0.717) is 22.7 Å². The molecule has 0 bridgehead atoms. The van der Waals surface area contributed by atoms with Crippen molar-refractivity contribution in [3.63, 3.8) is 0 Å². The van der Waals surface area contributed by atoms with Gasteiger partial charge in [-0.1, -0.05) is 47.5 Å². The second-order valence-corrected chi connectivity index (χ2v) is 8.98. The summed E-state index contributed by atoms with van der Waals surface area (Å²) in [6, 6.07) is 18.5. The third-order valence-corrected chi connectivity index (χ3v) is 6.55. The van der Waals surface area contributed by atoms with Gasteiger partial charge in [-0.15, -0.1) is 0 Å². The number of hydrogen-bond donors (Lipinski definition) is 0. The zero-order valence-corrected chi connectivity index (χ0v) is 19.5. The largest absolute Gasteiger partial charge is 0.338 e. The summed E-state index contributed by atoms with van der Waals surface area (Å²) in [5.74, 6) is 0.219. The van der Waals surface area contributed by atoms with E-state index in [1.54, 1.807) is 18.3 Å². The van der Waals surface area contributed by atoms with Crippen molar-refractivity contribution in [3.8, 4) is 33.8 Å². The van der Waals surface area contributed by atoms with Crippen LogP contribution in [0.4, 0.5) is 10.3 Å². The Morgan fingerprint density at radius 1 is 0.879 bits per heavy atom. The molecule has 3 heterocycles. The van der Waals surface area contributed by atoms with E-state index in [0.717, 1.165) is 47.5 Å². The Bertz CT molecular complexity index is 1310. The van der Waals surface area contributed by atoms with Crippen LogP contribution in [-0.4, -0.2) is 27.5 Å². The molecule has 7 heteroatoms. The lowest BCUT2D eigenvalue weighted by Gasteiger charge is -2.22. The Balaban J connectivity index is 1.59. The summed E-state index contributed by atoms with van der Waals surface area (Å²) in [5.41, 5.74) is 4.84. The third kappa shape index (κ3) is 4.43. The number of aromatic nitrogens is 3. The summed E-state index contributed by atoms with van der Waals surface area (Å²) in [7, 11) is 0. The predicted octanol–water partition coefficient (Wildman–Crippen LogP) is 7.31. The molecule has 5 rings (SSSR count). The molecule has 0 N–H and O–H groups in total. The Morgan fingerprint density at radius 2 is 1.58 bits per heavy atom. The van der Waals surface area contributed by atoms with Crippen molar-refractivity contribution < 1.29 is 4.39 Å². The van der Waals surface area contributed by atoms with Crippen LogP contribution in [0.25, 0.3) is 33.8 Å². The second kappa shape index (κ2) is 9.08. The molecule has 0 unspecified atom stereocenters. The van der Waals surface area contributed by atoms with Gasteiger partial charge in [0.25, 0.3) is 0 Å². The first-order valence-corrected chi connectivity index (χ1v) is 11.6. The molecule has 4 nitrogen and oxygen atoms in total. The van der Waals surface area contributed by atoms with Crippen molar-refractivity contribution >= 4 is 29.2 Å². The standard InChI is InChI=1S/C26H21Cl2FN4/c1-16-4-3-13-33(16)26-31-23(15-24(32-26)19-10-11-22(29)21(28)14-19)17-6-8-18(9-7-17)25-20(27)5-2-12-30-25/h2,5-12,14-16H,3-4,13H2,1H3/t16-/m1/s1. The summed E-state index contributed by atoms with van der Waals surface area (Å²) in [4.78, 5) is 16.3. The Kier molecular flexibility index (Phi) is 6.00. The molecule has 166 valence electrons. The van der Waals surface area contributed by atoms with Gasteiger partial charge >= 0.3 is 0 Å². The zero-order chi connectivity index (χ0) is 22.9. The summed E-state index contributed by atoms with van der Waals surface area (Å²) in [5, 5.41) is 0.674. The Morgan fingerprint density at radius 3 is 2.24 bits per heavy atom. The van der Waals surface area contributed by atoms with Gasteiger partial charge in [0.15, 0.2) is 0 Å². The van der Waals surface area contributed by atoms with Gasteiger partial charge in [-0.2, -0.15) is 0 Å². The van der Waals surface area contributed by atoms with Crippen molar-refractivity contribution in [3.05, 3.63) is 82.7 Å². The van der Waals surface area contributed by atoms with Crippen LogP contribution in [0.1, 0.15) is 19.8 Å². The quantitative estimate of drug-likeness (QED) is 0.308. The number of benzene rings is 2. The van der Waals surface area contributed by atoms with Crippen molar-refractivity contribution in [1.82, 2.24) is 15.0 Å². The van der Waals surface area contributed by atoms with Gasteiger partial charge in [-0.25, -0.2) is 14.4 Å². The maximum atomic E-state index is 13.8. The summed E-state index contributed by atoms with van der Waals surface area (Å²) >= 11 is 12.4. The second-order valence-electron chi connectivity index (χ2n) is 8.16. The molecule has 0 radical (unpaired) electrons. The van der Waals surface area contributed by atoms with Crippen LogP contribution in [0.15, 0.2) is 66.9 Å². The molecule has 1 saturated heterocycles. The van der Waals surface area contributed by atoms with Crippen LogP contribution < -0.4 is 4.90 Å². The third-order valence-electron chi connectivity index (χ3n) is 5.95. The molecule has 0 spiro atoms. The Labute approximate surface area is 202 Å². The lowest BCUT2D eigenvalue weighted by atomic mass is 10.0. The minimum atomic E-state index is -0.452. The van der Waals surface area contributed by atoms with E-state index in [9.17, 15) is 4.39 Å². The fraction of sp³-hybridized carbons (Fsp3) is 0.192. The van der Waals surface area contributed by atoms with Crippen LogP contribution in [-0.2, 0) is 0 Å². The number of pyridine rings is 1. The van der Waals surface area contributed by atoms with E-state index in [4.69, 9.17) is 33.2 Å². The molecule has 0 saturated carbocycles. The topological polar surface area (TPSA) is 41.9 Å². The van der Waals surface area contributed by atoms with Gasteiger partial charge in [0.1, 0.15) is 5.82 Å². The lowest BCUT2D eigenvalue weighted by Crippen LogP contribution is -2.28. The zero-order valence-electron chi connectivity index (χ0n) is 18.0. The van der Waals surface area contributed by atoms with Gasteiger partial charge in [0, 0.05) is 35.5 Å². The molecule has 0 amide bonds. The van der Waals surface area contributed by atoms with Crippen molar-refractivity contribution in [1.29, 1.82) is 0 Å². The summed E-state index contributed by atoms with van der Waals surface area (Å²) in [6.07, 6.45) is 3.93. The monoisotopic (exact) mass is 478 g/mol. The minimum absolute atomic E-state index is 0.0698. The molecule has 2 aromatic heterocycles. The predicted molar refractivity (Wildman–Crippen MR) is 132 cm³/mol. The highest BCUT2D eigenvalue weighted by atomic mass is 35.5. The molecular formula is C26H21Cl2FN4. The highest BCUT2D eigenvalue weighted by Gasteiger charge is 2.24. The van der Waals surface area contributed by atoms with Gasteiger partial charge in [-0.05, 0) is 56.2 Å². The van der Waals surface area contributed by atoms with Crippen LogP contribution in [0, 0.1) is 5.82 Å². The maximum absolute atomic E-state index is 13.8. The van der Waals surface area contributed by atoms with E-state index in [1.165, 1.54) is 6.07 Å². The molecule has 1 fully saturated rings. The van der Waals surface area contributed by atoms with Gasteiger partial charge in [-0.3, -0.25) is 4.98 Å². The molecule has 1 aliphatic heterocycles. The average molecular weight is 479 g/mol. The van der Waals surface area contributed by atoms with Crippen LogP contribution in [0.2, 0.25) is 10.0 Å². The molecule has 1 atom stereocenters. The van der Waals surface area contributed by atoms with Crippen molar-refractivity contribution in [2.24, 2.45) is 0 Å². The number of halogens is 3. The average Bonchev–Trinajstić information content (AvgIpc) is 3.27. The lowest BCUT2D eigenvalue weighted by molar-refractivity contribution is 0.628. The van der Waals surface area contributed by atoms with Gasteiger partial charge in [0.05, 0.1) is 27.1 Å². The van der Waals surface area contributed by atoms with Crippen molar-refractivity contribution in [2.75, 3.05) is 11.4 Å². The van der Waals surface area contributed by atoms with E-state index in [2.05, 4.69) is 16.8 Å². The normalized spacial score (nSPS) is 15.8. The highest BCUT2D eigenvalue weighted by molar-refractivity contribution is 6.33. The van der Waals surface area contributed by atoms with Gasteiger partial charge in [0.2, 0.25) is 5.95 Å². The highest BCUT2D eigenvalue weighted by Crippen LogP contribution is 2.32. The van der Waals surface area contributed by atoms with Gasteiger partial charge < -0.3 is 4.90 Å². The SMILES string of the molecule is C[C@@H]1CCCN1c1nc(-c2ccc(-c3ncccc3Cl)cc2)cc(-c2ccc(F)c(Cl)c2)n1. The summed E-state index contributed by atoms with van der Waals surface area (Å²) in [6.45, 7) is 3.09. The fourth-order valence-corrected chi connectivity index (χ4v) is 4.55. The fourth-order valence-electron chi connectivity index (χ4n) is 4.14. The van der Waals surface area contributed by atoms with Crippen LogP contribution in [0.3, 0.4) is 0 Å². The first-order chi connectivity index (χ1) is 16.0. The molecule has 4 aromatic rings. The molecule has 33 heavy (non-hydrogen) atoms. The van der Waals surface area contributed by atoms with Crippen molar-refractivity contribution in [2.45, 2.75) is 25.8 Å². The molecule has 1 aliphatic rings. The van der Waals surface area contributed by atoms with Crippen LogP contribution >= 0.6 is 23.2 Å². The van der Waals surface area contributed by atoms with E-state index in [1.807, 2.05) is 42.5 Å². The van der Waals surface area contributed by atoms with E-state index in [-0.39, 0.29) is 5.02 Å². The number of anilines is 1.